The van der Waals surface area contributed by atoms with Crippen LogP contribution in [0.1, 0.15) is 55.9 Å². The molecule has 0 aliphatic rings. The summed E-state index contributed by atoms with van der Waals surface area (Å²) in [5.74, 6) is -0.642. The van der Waals surface area contributed by atoms with E-state index in [4.69, 9.17) is 0 Å². The molecule has 2 heterocycles. The Kier molecular flexibility index (Phi) is 6.27. The Morgan fingerprint density at radius 2 is 1.76 bits per heavy atom. The van der Waals surface area contributed by atoms with E-state index in [1.54, 1.807) is 28.8 Å². The number of carbonyl (C=O) groups is 1. The summed E-state index contributed by atoms with van der Waals surface area (Å²) in [5.41, 5.74) is 3.43. The zero-order chi connectivity index (χ0) is 23.6. The Bertz CT molecular complexity index is 1270. The lowest BCUT2D eigenvalue weighted by atomic mass is 9.93. The third kappa shape index (κ3) is 5.11. The van der Waals surface area contributed by atoms with Crippen LogP contribution in [0.3, 0.4) is 0 Å². The van der Waals surface area contributed by atoms with Gasteiger partial charge in [-0.2, -0.15) is 5.10 Å². The molecule has 1 unspecified atom stereocenters. The molecule has 1 amide bonds. The van der Waals surface area contributed by atoms with E-state index in [1.165, 1.54) is 11.6 Å². The van der Waals surface area contributed by atoms with Crippen molar-refractivity contribution in [3.63, 3.8) is 0 Å². The van der Waals surface area contributed by atoms with E-state index in [9.17, 15) is 9.18 Å². The monoisotopic (exact) mass is 444 g/mol. The third-order valence-corrected chi connectivity index (χ3v) is 5.66. The number of hydrogen-bond acceptors (Lipinski definition) is 3. The molecule has 0 saturated heterocycles. The van der Waals surface area contributed by atoms with Gasteiger partial charge in [0, 0.05) is 23.1 Å². The van der Waals surface area contributed by atoms with Gasteiger partial charge in [-0.15, -0.1) is 0 Å². The van der Waals surface area contributed by atoms with Crippen molar-refractivity contribution in [1.29, 1.82) is 0 Å². The molecule has 1 atom stereocenters. The average Bonchev–Trinajstić information content (AvgIpc) is 3.23. The lowest BCUT2D eigenvalue weighted by Crippen LogP contribution is -2.34. The van der Waals surface area contributed by atoms with Crippen molar-refractivity contribution in [2.45, 2.75) is 52.0 Å². The van der Waals surface area contributed by atoms with Crippen LogP contribution in [0.2, 0.25) is 0 Å². The zero-order valence-electron chi connectivity index (χ0n) is 19.5. The quantitative estimate of drug-likeness (QED) is 0.422. The number of halogens is 1. The molecule has 2 aromatic carbocycles. The molecule has 2 aromatic heterocycles. The number of hydrogen-bond donors (Lipinski definition) is 1. The van der Waals surface area contributed by atoms with Gasteiger partial charge in [0.25, 0.3) is 5.91 Å². The first-order valence-electron chi connectivity index (χ1n) is 11.2. The summed E-state index contributed by atoms with van der Waals surface area (Å²) >= 11 is 0. The van der Waals surface area contributed by atoms with Gasteiger partial charge in [0.2, 0.25) is 0 Å². The van der Waals surface area contributed by atoms with E-state index in [1.807, 2.05) is 31.2 Å². The van der Waals surface area contributed by atoms with Gasteiger partial charge in [0.1, 0.15) is 11.5 Å². The Hall–Kier alpha value is -3.54. The van der Waals surface area contributed by atoms with Crippen LogP contribution < -0.4 is 5.32 Å². The second kappa shape index (κ2) is 9.14. The number of carbonyl (C=O) groups excluding carboxylic acids is 1. The fraction of sp³-hybridized carbons (Fsp3) is 0.296. The minimum atomic E-state index is -0.382. The molecule has 4 aromatic rings. The maximum Gasteiger partial charge on any atom is 0.270 e. The van der Waals surface area contributed by atoms with Gasteiger partial charge in [0.05, 0.1) is 11.4 Å². The van der Waals surface area contributed by atoms with Crippen molar-refractivity contribution in [1.82, 2.24) is 19.9 Å². The molecule has 0 aliphatic carbocycles. The van der Waals surface area contributed by atoms with E-state index < -0.39 is 0 Å². The van der Waals surface area contributed by atoms with Crippen molar-refractivity contribution >= 4 is 11.6 Å². The van der Waals surface area contributed by atoms with E-state index in [0.717, 1.165) is 18.5 Å². The summed E-state index contributed by atoms with van der Waals surface area (Å²) in [4.78, 5) is 17.9. The third-order valence-electron chi connectivity index (χ3n) is 5.66. The Balaban J connectivity index is 1.67. The minimum absolute atomic E-state index is 0.0459. The van der Waals surface area contributed by atoms with E-state index in [0.29, 0.717) is 22.6 Å². The standard InChI is InChI=1S/C27H29FN4O/c1-18(14-15-19-10-6-5-7-11-19)29-26(33)23-16-22(20-12-8-9-13-21(20)28)30-25-17-24(27(2,3)4)31-32(23)25/h5-13,16-18H,14-15H2,1-4H3,(H,29,33). The molecule has 33 heavy (non-hydrogen) atoms. The highest BCUT2D eigenvalue weighted by Gasteiger charge is 2.23. The SMILES string of the molecule is CC(CCc1ccccc1)NC(=O)c1cc(-c2ccccc2F)nc2cc(C(C)(C)C)nn12. The van der Waals surface area contributed by atoms with Gasteiger partial charge in [-0.1, -0.05) is 63.2 Å². The van der Waals surface area contributed by atoms with E-state index in [-0.39, 0.29) is 23.2 Å². The van der Waals surface area contributed by atoms with Gasteiger partial charge >= 0.3 is 0 Å². The van der Waals surface area contributed by atoms with Crippen molar-refractivity contribution in [3.8, 4) is 11.3 Å². The molecule has 0 spiro atoms. The van der Waals surface area contributed by atoms with Crippen LogP contribution in [0.15, 0.2) is 66.7 Å². The molecule has 0 saturated carbocycles. The number of rotatable bonds is 6. The largest absolute Gasteiger partial charge is 0.348 e. The Morgan fingerprint density at radius 3 is 2.45 bits per heavy atom. The number of amides is 1. The van der Waals surface area contributed by atoms with E-state index >= 15 is 0 Å². The molecule has 170 valence electrons. The van der Waals surface area contributed by atoms with Crippen LogP contribution >= 0.6 is 0 Å². The lowest BCUT2D eigenvalue weighted by Gasteiger charge is -2.16. The maximum atomic E-state index is 14.5. The number of nitrogens with zero attached hydrogens (tertiary/aromatic N) is 3. The van der Waals surface area contributed by atoms with Gasteiger partial charge in [0.15, 0.2) is 5.65 Å². The lowest BCUT2D eigenvalue weighted by molar-refractivity contribution is 0.0930. The molecule has 5 nitrogen and oxygen atoms in total. The number of fused-ring (bicyclic) bond motifs is 1. The number of benzene rings is 2. The summed E-state index contributed by atoms with van der Waals surface area (Å²) < 4.78 is 16.1. The molecular formula is C27H29FN4O. The molecular weight excluding hydrogens is 415 g/mol. The fourth-order valence-electron chi connectivity index (χ4n) is 3.71. The number of nitrogens with one attached hydrogen (secondary N) is 1. The second-order valence-electron chi connectivity index (χ2n) is 9.45. The van der Waals surface area contributed by atoms with Crippen LogP contribution in [0, 0.1) is 5.82 Å². The highest BCUT2D eigenvalue weighted by molar-refractivity contribution is 5.94. The molecule has 0 bridgehead atoms. The summed E-state index contributed by atoms with van der Waals surface area (Å²) in [6.45, 7) is 8.15. The van der Waals surface area contributed by atoms with Crippen LogP contribution in [-0.4, -0.2) is 26.5 Å². The smallest absolute Gasteiger partial charge is 0.270 e. The van der Waals surface area contributed by atoms with Crippen molar-refractivity contribution in [2.24, 2.45) is 0 Å². The van der Waals surface area contributed by atoms with Gasteiger partial charge in [-0.3, -0.25) is 4.79 Å². The van der Waals surface area contributed by atoms with Crippen molar-refractivity contribution < 1.29 is 9.18 Å². The molecule has 0 radical (unpaired) electrons. The topological polar surface area (TPSA) is 59.3 Å². The van der Waals surface area contributed by atoms with Crippen LogP contribution in [0.5, 0.6) is 0 Å². The fourth-order valence-corrected chi connectivity index (χ4v) is 3.71. The molecule has 0 aliphatic heterocycles. The number of aromatic nitrogens is 3. The maximum absolute atomic E-state index is 14.5. The van der Waals surface area contributed by atoms with Crippen LogP contribution in [0.4, 0.5) is 4.39 Å². The molecule has 1 N–H and O–H groups in total. The average molecular weight is 445 g/mol. The van der Waals surface area contributed by atoms with Crippen LogP contribution in [0.25, 0.3) is 16.9 Å². The Labute approximate surface area is 193 Å². The first-order valence-corrected chi connectivity index (χ1v) is 11.2. The van der Waals surface area contributed by atoms with Crippen LogP contribution in [-0.2, 0) is 11.8 Å². The summed E-state index contributed by atoms with van der Waals surface area (Å²) in [6, 6.07) is 20.1. The van der Waals surface area contributed by atoms with E-state index in [2.05, 4.69) is 48.3 Å². The molecule has 0 fully saturated rings. The van der Waals surface area contributed by atoms with Gasteiger partial charge in [-0.25, -0.2) is 13.9 Å². The highest BCUT2D eigenvalue weighted by Crippen LogP contribution is 2.26. The predicted molar refractivity (Wildman–Crippen MR) is 129 cm³/mol. The first-order chi connectivity index (χ1) is 15.7. The summed E-state index contributed by atoms with van der Waals surface area (Å²) in [5, 5.41) is 7.74. The Morgan fingerprint density at radius 1 is 1.06 bits per heavy atom. The predicted octanol–water partition coefficient (Wildman–Crippen LogP) is 5.58. The van der Waals surface area contributed by atoms with Gasteiger partial charge in [-0.05, 0) is 43.5 Å². The van der Waals surface area contributed by atoms with Crippen molar-refractivity contribution in [2.75, 3.05) is 0 Å². The molecule has 6 heteroatoms. The number of aryl methyl sites for hydroxylation is 1. The summed E-state index contributed by atoms with van der Waals surface area (Å²) in [6.07, 6.45) is 1.67. The first kappa shape index (κ1) is 22.6. The zero-order valence-corrected chi connectivity index (χ0v) is 19.5. The minimum Gasteiger partial charge on any atom is -0.348 e. The second-order valence-corrected chi connectivity index (χ2v) is 9.45. The molecule has 4 rings (SSSR count). The van der Waals surface area contributed by atoms with Crippen molar-refractivity contribution in [3.05, 3.63) is 89.5 Å². The highest BCUT2D eigenvalue weighted by atomic mass is 19.1. The van der Waals surface area contributed by atoms with Gasteiger partial charge < -0.3 is 5.32 Å². The summed E-state index contributed by atoms with van der Waals surface area (Å²) in [7, 11) is 0. The normalized spacial score (nSPS) is 12.6.